The van der Waals surface area contributed by atoms with E-state index in [2.05, 4.69) is 57.1 Å². The minimum atomic E-state index is -0.925. The van der Waals surface area contributed by atoms with Crippen molar-refractivity contribution in [3.05, 3.63) is 120 Å². The molecule has 0 bridgehead atoms. The monoisotopic (exact) mass is 1160 g/mol. The van der Waals surface area contributed by atoms with Gasteiger partial charge in [0.2, 0.25) is 17.7 Å². The highest BCUT2D eigenvalue weighted by Crippen LogP contribution is 2.42. The zero-order valence-corrected chi connectivity index (χ0v) is 48.8. The molecule has 444 valence electrons. The molecular weight excluding hydrogens is 1080 g/mol. The fourth-order valence-electron chi connectivity index (χ4n) is 11.1. The van der Waals surface area contributed by atoms with E-state index in [1.165, 1.54) is 37.0 Å². The van der Waals surface area contributed by atoms with Crippen LogP contribution in [0.25, 0.3) is 11.1 Å². The van der Waals surface area contributed by atoms with Crippen LogP contribution in [0.2, 0.25) is 0 Å². The fourth-order valence-corrected chi connectivity index (χ4v) is 11.1. The van der Waals surface area contributed by atoms with Gasteiger partial charge >= 0.3 is 0 Å². The van der Waals surface area contributed by atoms with Gasteiger partial charge in [0.15, 0.2) is 23.0 Å². The van der Waals surface area contributed by atoms with Gasteiger partial charge in [-0.05, 0) is 91.4 Å². The van der Waals surface area contributed by atoms with Crippen LogP contribution in [0.4, 0.5) is 22.7 Å². The van der Waals surface area contributed by atoms with Crippen molar-refractivity contribution < 1.29 is 52.5 Å². The van der Waals surface area contributed by atoms with Gasteiger partial charge < -0.3 is 54.5 Å². The molecule has 10 rings (SSSR count). The van der Waals surface area contributed by atoms with Crippen LogP contribution in [0.5, 0.6) is 23.0 Å². The van der Waals surface area contributed by atoms with E-state index in [0.717, 1.165) is 48.5 Å². The summed E-state index contributed by atoms with van der Waals surface area (Å²) in [4.78, 5) is 110. The highest BCUT2D eigenvalue weighted by atomic mass is 16.5. The number of amides is 7. The molecule has 3 N–H and O–H groups in total. The molecule has 0 saturated carbocycles. The van der Waals surface area contributed by atoms with Gasteiger partial charge in [-0.15, -0.1) is 0 Å². The summed E-state index contributed by atoms with van der Waals surface area (Å²) in [7, 11) is 5.20. The predicted octanol–water partition coefficient (Wildman–Crippen LogP) is 7.32. The number of methoxy groups -OCH3 is 2. The lowest BCUT2D eigenvalue weighted by atomic mass is 10.0. The van der Waals surface area contributed by atoms with Crippen molar-refractivity contribution in [3.63, 3.8) is 0 Å². The zero-order chi connectivity index (χ0) is 59.9. The number of benzene rings is 4. The molecule has 0 unspecified atom stereocenters. The van der Waals surface area contributed by atoms with Gasteiger partial charge in [-0.2, -0.15) is 0 Å². The number of carbonyl (C=O) groups excluding carboxylic acids is 7. The Labute approximate surface area is 494 Å². The molecule has 6 aliphatic heterocycles. The Morgan fingerprint density at radius 3 is 1.67 bits per heavy atom. The molecule has 85 heavy (non-hydrogen) atoms. The maximum Gasteiger partial charge on any atom is 0.260 e. The summed E-state index contributed by atoms with van der Waals surface area (Å²) in [5.41, 5.74) is 7.33. The van der Waals surface area contributed by atoms with Gasteiger partial charge in [-0.1, -0.05) is 44.5 Å². The van der Waals surface area contributed by atoms with E-state index in [-0.39, 0.29) is 73.7 Å². The third-order valence-corrected chi connectivity index (χ3v) is 16.1. The number of hydrogen-bond acceptors (Lipinski definition) is 15. The van der Waals surface area contributed by atoms with Crippen LogP contribution in [0.15, 0.2) is 107 Å². The second-order valence-electron chi connectivity index (χ2n) is 22.3. The van der Waals surface area contributed by atoms with Gasteiger partial charge in [0.05, 0.1) is 62.0 Å². The Hall–Kier alpha value is -9.11. The number of unbranched alkanes of at least 4 members (excludes halogenated alkanes) is 2. The molecule has 4 aromatic rings. The SMILES string of the molecule is COc1cc2c(cc1OCCCOc1cc3c(cc1OC)C(=O)N1C=C(c4ccc(N5CCN(C)CC5)cc4)C[C@H]1C=N3)N=C[C@@H]1CC(c3ccc(NC(=O)[C@H](C)NC(=O)[C@H](NC(=O)CCCCCN4C(=O)C=CC4=O)C(C)C)cc3)=CN1C2=O. The lowest BCUT2D eigenvalue weighted by Gasteiger charge is -2.34. The van der Waals surface area contributed by atoms with Gasteiger partial charge in [-0.25, -0.2) is 0 Å². The molecule has 6 heterocycles. The standard InChI is InChI=1S/C64H72N10O11/c1-39(2)60(69-57(75)11-8-7-9-22-72-58(76)20-21-59(72)77)62(79)67-40(3)61(78)68-45-16-12-41(13-17-45)43-29-47-35-65-51-33-55(53(82-5)31-49(51)63(80)73(47)37-43)84-27-10-28-85-56-34-52-50(32-54(56)83-6)64(81)74-38-44(30-48(74)36-66-52)42-14-18-46(19-15-42)71-25-23-70(4)24-26-71/h12-21,31-40,47-48,60H,7-11,22-30H2,1-6H3,(H,67,79)(H,68,78)(H,69,75)/t40-,47-,48-,60+/m0/s1. The molecule has 4 atom stereocenters. The van der Waals surface area contributed by atoms with Crippen LogP contribution >= 0.6 is 0 Å². The lowest BCUT2D eigenvalue weighted by Crippen LogP contribution is -2.53. The number of imide groups is 1. The van der Waals surface area contributed by atoms with Crippen LogP contribution in [0, 0.1) is 5.92 Å². The van der Waals surface area contributed by atoms with Crippen molar-refractivity contribution in [1.29, 1.82) is 0 Å². The Balaban J connectivity index is 0.682. The maximum atomic E-state index is 14.2. The Morgan fingerprint density at radius 1 is 0.624 bits per heavy atom. The fraction of sp³-hybridized carbons (Fsp3) is 0.391. The Bertz CT molecular complexity index is 3380. The number of anilines is 2. The van der Waals surface area contributed by atoms with Gasteiger partial charge in [-0.3, -0.25) is 48.4 Å². The number of hydrogen-bond donors (Lipinski definition) is 3. The number of rotatable bonds is 23. The van der Waals surface area contributed by atoms with E-state index in [4.69, 9.17) is 28.9 Å². The first-order chi connectivity index (χ1) is 41.0. The first-order valence-electron chi connectivity index (χ1n) is 29.0. The largest absolute Gasteiger partial charge is 0.493 e. The smallest absolute Gasteiger partial charge is 0.260 e. The Morgan fingerprint density at radius 2 is 1.15 bits per heavy atom. The summed E-state index contributed by atoms with van der Waals surface area (Å²) in [5, 5.41) is 8.35. The number of fused-ring (bicyclic) bond motifs is 4. The molecule has 1 saturated heterocycles. The third-order valence-electron chi connectivity index (χ3n) is 16.1. The van der Waals surface area contributed by atoms with E-state index in [9.17, 15) is 33.6 Å². The zero-order valence-electron chi connectivity index (χ0n) is 48.8. The molecule has 0 aromatic heterocycles. The summed E-state index contributed by atoms with van der Waals surface area (Å²) in [6.07, 6.45) is 13.3. The normalized spacial score (nSPS) is 18.7. The van der Waals surface area contributed by atoms with Crippen LogP contribution < -0.4 is 39.8 Å². The lowest BCUT2D eigenvalue weighted by molar-refractivity contribution is -0.137. The summed E-state index contributed by atoms with van der Waals surface area (Å²) >= 11 is 0. The maximum absolute atomic E-state index is 14.2. The number of aliphatic imine (C=N–C) groups is 2. The average molecular weight is 1160 g/mol. The van der Waals surface area contributed by atoms with Crippen LogP contribution in [0.3, 0.4) is 0 Å². The predicted molar refractivity (Wildman–Crippen MR) is 323 cm³/mol. The number of piperazine rings is 1. The number of nitrogens with zero attached hydrogens (tertiary/aromatic N) is 7. The van der Waals surface area contributed by atoms with Crippen molar-refractivity contribution in [1.82, 2.24) is 30.2 Å². The molecule has 6 aliphatic rings. The van der Waals surface area contributed by atoms with E-state index in [1.54, 1.807) is 73.2 Å². The van der Waals surface area contributed by atoms with E-state index in [1.807, 2.05) is 30.7 Å². The molecule has 0 radical (unpaired) electrons. The van der Waals surface area contributed by atoms with Crippen molar-refractivity contribution in [3.8, 4) is 23.0 Å². The molecule has 4 aromatic carbocycles. The van der Waals surface area contributed by atoms with Crippen molar-refractivity contribution >= 4 is 87.7 Å². The van der Waals surface area contributed by atoms with E-state index >= 15 is 0 Å². The van der Waals surface area contributed by atoms with Crippen molar-refractivity contribution in [2.24, 2.45) is 15.9 Å². The molecule has 0 aliphatic carbocycles. The number of carbonyl (C=O) groups is 7. The minimum absolute atomic E-state index is 0.161. The summed E-state index contributed by atoms with van der Waals surface area (Å²) < 4.78 is 23.8. The van der Waals surface area contributed by atoms with Crippen molar-refractivity contribution in [2.45, 2.75) is 89.9 Å². The average Bonchev–Trinajstić information content (AvgIpc) is 2.83. The molecule has 21 nitrogen and oxygen atoms in total. The highest BCUT2D eigenvalue weighted by molar-refractivity contribution is 6.13. The number of likely N-dealkylation sites (N-methyl/N-ethyl adjacent to an activating group) is 1. The first kappa shape index (κ1) is 59.1. The quantitative estimate of drug-likeness (QED) is 0.0489. The van der Waals surface area contributed by atoms with Crippen molar-refractivity contribution in [2.75, 3.05) is 77.4 Å². The van der Waals surface area contributed by atoms with E-state index < -0.39 is 23.9 Å². The summed E-state index contributed by atoms with van der Waals surface area (Å²) in [6.45, 7) is 10.0. The number of nitrogens with one attached hydrogen (secondary N) is 3. The third kappa shape index (κ3) is 13.5. The van der Waals surface area contributed by atoms with Crippen LogP contribution in [-0.4, -0.2) is 165 Å². The second kappa shape index (κ2) is 26.2. The first-order valence-corrected chi connectivity index (χ1v) is 29.0. The van der Waals surface area contributed by atoms with E-state index in [0.29, 0.717) is 89.7 Å². The molecule has 7 amide bonds. The van der Waals surface area contributed by atoms with Crippen LogP contribution in [0.1, 0.15) is 97.6 Å². The van der Waals surface area contributed by atoms with Gasteiger partial charge in [0.25, 0.3) is 23.6 Å². The number of ether oxygens (including phenoxy) is 4. The topological polar surface area (TPSA) is 233 Å². The summed E-state index contributed by atoms with van der Waals surface area (Å²) in [5.74, 6) is -0.961. The molecule has 0 spiro atoms. The minimum Gasteiger partial charge on any atom is -0.493 e. The molecular formula is C64H72N10O11. The molecule has 21 heteroatoms. The van der Waals surface area contributed by atoms with Gasteiger partial charge in [0.1, 0.15) is 12.1 Å². The summed E-state index contributed by atoms with van der Waals surface area (Å²) in [6, 6.07) is 20.2. The molecule has 1 fully saturated rings. The Kier molecular flexibility index (Phi) is 18.2. The second-order valence-corrected chi connectivity index (χ2v) is 22.3. The van der Waals surface area contributed by atoms with Gasteiger partial charge in [0, 0.05) is 119 Å². The highest BCUT2D eigenvalue weighted by Gasteiger charge is 2.36. The van der Waals surface area contributed by atoms with Crippen LogP contribution in [-0.2, 0) is 24.0 Å².